The van der Waals surface area contributed by atoms with Gasteiger partial charge < -0.3 is 15.3 Å². The van der Waals surface area contributed by atoms with E-state index in [2.05, 4.69) is 5.32 Å². The molecule has 1 aromatic rings. The fraction of sp³-hybridized carbons (Fsp3) is 0.500. The van der Waals surface area contributed by atoms with Crippen LogP contribution in [0.3, 0.4) is 0 Å². The van der Waals surface area contributed by atoms with Gasteiger partial charge in [-0.25, -0.2) is 0 Å². The molecule has 0 radical (unpaired) electrons. The van der Waals surface area contributed by atoms with E-state index < -0.39 is 11.8 Å². The molecule has 22 heavy (non-hydrogen) atoms. The number of phenolic OH excluding ortho intramolecular Hbond substituents is 1. The van der Waals surface area contributed by atoms with Gasteiger partial charge in [0.25, 0.3) is 0 Å². The Morgan fingerprint density at radius 3 is 2.23 bits per heavy atom. The molecule has 0 unspecified atom stereocenters. The second-order valence-electron chi connectivity index (χ2n) is 6.11. The average Bonchev–Trinajstić information content (AvgIpc) is 2.40. The van der Waals surface area contributed by atoms with Crippen molar-refractivity contribution in [3.8, 4) is 5.75 Å². The SMILES string of the molecule is CC(C)CN(CC(C)C)C(=O)C(=O)Nc1cc(Cl)ccc1O. The van der Waals surface area contributed by atoms with Crippen LogP contribution < -0.4 is 5.32 Å². The second kappa shape index (κ2) is 8.03. The van der Waals surface area contributed by atoms with E-state index in [0.29, 0.717) is 18.1 Å². The number of nitrogens with zero attached hydrogens (tertiary/aromatic N) is 1. The smallest absolute Gasteiger partial charge is 0.314 e. The first-order valence-corrected chi connectivity index (χ1v) is 7.67. The van der Waals surface area contributed by atoms with Crippen molar-refractivity contribution in [1.82, 2.24) is 4.90 Å². The molecule has 0 saturated heterocycles. The summed E-state index contributed by atoms with van der Waals surface area (Å²) in [6.45, 7) is 8.96. The Morgan fingerprint density at radius 2 is 1.73 bits per heavy atom. The van der Waals surface area contributed by atoms with E-state index in [-0.39, 0.29) is 23.3 Å². The predicted octanol–water partition coefficient (Wildman–Crippen LogP) is 3.12. The van der Waals surface area contributed by atoms with Gasteiger partial charge in [-0.3, -0.25) is 9.59 Å². The summed E-state index contributed by atoms with van der Waals surface area (Å²) in [7, 11) is 0. The molecule has 1 aromatic carbocycles. The van der Waals surface area contributed by atoms with Crippen molar-refractivity contribution in [2.45, 2.75) is 27.7 Å². The summed E-state index contributed by atoms with van der Waals surface area (Å²) in [5.41, 5.74) is 0.125. The van der Waals surface area contributed by atoms with Crippen LogP contribution in [0.15, 0.2) is 18.2 Å². The minimum absolute atomic E-state index is 0.125. The first-order chi connectivity index (χ1) is 10.2. The Bertz CT molecular complexity index is 534. The molecule has 2 amide bonds. The van der Waals surface area contributed by atoms with E-state index in [4.69, 9.17) is 11.6 Å². The van der Waals surface area contributed by atoms with Crippen LogP contribution in [0.4, 0.5) is 5.69 Å². The molecule has 0 aliphatic rings. The zero-order valence-corrected chi connectivity index (χ0v) is 14.1. The summed E-state index contributed by atoms with van der Waals surface area (Å²) in [5.74, 6) is -1.00. The molecule has 0 bridgehead atoms. The predicted molar refractivity (Wildman–Crippen MR) is 88.0 cm³/mol. The number of benzene rings is 1. The number of halogens is 1. The zero-order chi connectivity index (χ0) is 16.9. The number of aromatic hydroxyl groups is 1. The van der Waals surface area contributed by atoms with Crippen molar-refractivity contribution in [2.24, 2.45) is 11.8 Å². The highest BCUT2D eigenvalue weighted by molar-refractivity contribution is 6.40. The quantitative estimate of drug-likeness (QED) is 0.645. The van der Waals surface area contributed by atoms with Gasteiger partial charge in [0.2, 0.25) is 0 Å². The molecular weight excluding hydrogens is 304 g/mol. The first kappa shape index (κ1) is 18.3. The molecule has 0 aromatic heterocycles. The van der Waals surface area contributed by atoms with Crippen LogP contribution >= 0.6 is 11.6 Å². The van der Waals surface area contributed by atoms with Gasteiger partial charge in [0.1, 0.15) is 5.75 Å². The normalized spacial score (nSPS) is 10.9. The highest BCUT2D eigenvalue weighted by atomic mass is 35.5. The third-order valence-corrected chi connectivity index (χ3v) is 3.09. The van der Waals surface area contributed by atoms with Crippen molar-refractivity contribution in [3.63, 3.8) is 0 Å². The molecule has 0 fully saturated rings. The maximum Gasteiger partial charge on any atom is 0.314 e. The lowest BCUT2D eigenvalue weighted by Crippen LogP contribution is -2.43. The van der Waals surface area contributed by atoms with Crippen molar-refractivity contribution in [3.05, 3.63) is 23.2 Å². The number of carbonyl (C=O) groups is 2. The van der Waals surface area contributed by atoms with Gasteiger partial charge in [-0.1, -0.05) is 39.3 Å². The number of phenols is 1. The molecule has 0 aliphatic heterocycles. The summed E-state index contributed by atoms with van der Waals surface area (Å²) < 4.78 is 0. The van der Waals surface area contributed by atoms with Gasteiger partial charge in [0.05, 0.1) is 5.69 Å². The van der Waals surface area contributed by atoms with Crippen LogP contribution in [0.25, 0.3) is 0 Å². The van der Waals surface area contributed by atoms with E-state index in [9.17, 15) is 14.7 Å². The maximum atomic E-state index is 12.3. The molecule has 0 atom stereocenters. The Balaban J connectivity index is 2.84. The molecule has 0 saturated carbocycles. The highest BCUT2D eigenvalue weighted by Gasteiger charge is 2.24. The minimum Gasteiger partial charge on any atom is -0.506 e. The lowest BCUT2D eigenvalue weighted by Gasteiger charge is -2.25. The van der Waals surface area contributed by atoms with Gasteiger partial charge >= 0.3 is 11.8 Å². The average molecular weight is 327 g/mol. The third kappa shape index (κ3) is 5.56. The van der Waals surface area contributed by atoms with E-state index in [1.54, 1.807) is 0 Å². The van der Waals surface area contributed by atoms with Crippen molar-refractivity contribution < 1.29 is 14.7 Å². The molecule has 6 heteroatoms. The first-order valence-electron chi connectivity index (χ1n) is 7.29. The summed E-state index contributed by atoms with van der Waals surface area (Å²) in [4.78, 5) is 26.0. The summed E-state index contributed by atoms with van der Waals surface area (Å²) in [6.07, 6.45) is 0. The van der Waals surface area contributed by atoms with Gasteiger partial charge in [0.15, 0.2) is 0 Å². The lowest BCUT2D eigenvalue weighted by molar-refractivity contribution is -0.143. The van der Waals surface area contributed by atoms with Crippen LogP contribution in [-0.4, -0.2) is 34.9 Å². The molecule has 0 spiro atoms. The molecule has 0 aliphatic carbocycles. The molecular formula is C16H23ClN2O3. The van der Waals surface area contributed by atoms with Gasteiger partial charge in [-0.2, -0.15) is 0 Å². The highest BCUT2D eigenvalue weighted by Crippen LogP contribution is 2.26. The van der Waals surface area contributed by atoms with Crippen LogP contribution in [0.5, 0.6) is 5.75 Å². The fourth-order valence-corrected chi connectivity index (χ4v) is 2.22. The minimum atomic E-state index is -0.779. The van der Waals surface area contributed by atoms with Gasteiger partial charge in [-0.15, -0.1) is 0 Å². The van der Waals surface area contributed by atoms with Crippen molar-refractivity contribution >= 4 is 29.1 Å². The van der Waals surface area contributed by atoms with E-state index >= 15 is 0 Å². The Morgan fingerprint density at radius 1 is 1.18 bits per heavy atom. The van der Waals surface area contributed by atoms with E-state index in [0.717, 1.165) is 0 Å². The van der Waals surface area contributed by atoms with E-state index in [1.165, 1.54) is 23.1 Å². The van der Waals surface area contributed by atoms with Crippen LogP contribution in [0.2, 0.25) is 5.02 Å². The number of hydrogen-bond donors (Lipinski definition) is 2. The number of nitrogens with one attached hydrogen (secondary N) is 1. The Labute approximate surface area is 136 Å². The summed E-state index contributed by atoms with van der Waals surface area (Å²) in [5, 5.41) is 12.5. The third-order valence-electron chi connectivity index (χ3n) is 2.86. The van der Waals surface area contributed by atoms with Gasteiger partial charge in [-0.05, 0) is 30.0 Å². The molecule has 5 nitrogen and oxygen atoms in total. The maximum absolute atomic E-state index is 12.3. The number of amides is 2. The molecule has 1 rings (SSSR count). The van der Waals surface area contributed by atoms with E-state index in [1.807, 2.05) is 27.7 Å². The molecule has 0 heterocycles. The zero-order valence-electron chi connectivity index (χ0n) is 13.4. The standard InChI is InChI=1S/C16H23ClN2O3/c1-10(2)8-19(9-11(3)4)16(22)15(21)18-13-7-12(17)5-6-14(13)20/h5-7,10-11,20H,8-9H2,1-4H3,(H,18,21). The number of anilines is 1. The Hall–Kier alpha value is -1.75. The van der Waals surface area contributed by atoms with Crippen molar-refractivity contribution in [2.75, 3.05) is 18.4 Å². The summed E-state index contributed by atoms with van der Waals surface area (Å²) >= 11 is 5.82. The largest absolute Gasteiger partial charge is 0.506 e. The fourth-order valence-electron chi connectivity index (χ4n) is 2.05. The number of rotatable bonds is 5. The number of carbonyl (C=O) groups excluding carboxylic acids is 2. The number of hydrogen-bond acceptors (Lipinski definition) is 3. The van der Waals surface area contributed by atoms with Crippen LogP contribution in [0, 0.1) is 11.8 Å². The van der Waals surface area contributed by atoms with Crippen LogP contribution in [0.1, 0.15) is 27.7 Å². The topological polar surface area (TPSA) is 69.6 Å². The Kier molecular flexibility index (Phi) is 6.68. The van der Waals surface area contributed by atoms with Gasteiger partial charge in [0, 0.05) is 18.1 Å². The molecule has 122 valence electrons. The molecule has 2 N–H and O–H groups in total. The van der Waals surface area contributed by atoms with Crippen molar-refractivity contribution in [1.29, 1.82) is 0 Å². The monoisotopic (exact) mass is 326 g/mol. The van der Waals surface area contributed by atoms with Crippen LogP contribution in [-0.2, 0) is 9.59 Å². The summed E-state index contributed by atoms with van der Waals surface area (Å²) in [6, 6.07) is 4.26. The second-order valence-corrected chi connectivity index (χ2v) is 6.55. The lowest BCUT2D eigenvalue weighted by atomic mass is 10.1.